The maximum atomic E-state index is 11.6. The van der Waals surface area contributed by atoms with E-state index in [1.54, 1.807) is 19.4 Å². The van der Waals surface area contributed by atoms with Crippen molar-refractivity contribution < 1.29 is 24.5 Å². The zero-order valence-electron chi connectivity index (χ0n) is 19.3. The number of nitrogens with one attached hydrogen (secondary N) is 2. The van der Waals surface area contributed by atoms with E-state index < -0.39 is 18.3 Å². The molecule has 0 saturated carbocycles. The first-order valence-electron chi connectivity index (χ1n) is 11.6. The highest BCUT2D eigenvalue weighted by Gasteiger charge is 2.33. The number of aliphatic hydroxyl groups is 2. The third kappa shape index (κ3) is 5.26. The van der Waals surface area contributed by atoms with Crippen molar-refractivity contribution in [3.63, 3.8) is 0 Å². The molecule has 0 radical (unpaired) electrons. The fraction of sp³-hybridized carbons (Fsp3) is 0.400. The molecule has 1 fully saturated rings. The van der Waals surface area contributed by atoms with Gasteiger partial charge in [0.15, 0.2) is 0 Å². The Hall–Kier alpha value is -2.76. The summed E-state index contributed by atoms with van der Waals surface area (Å²) in [4.78, 5) is 21.5. The number of nitrogens with zero attached hydrogens (tertiary/aromatic N) is 2. The summed E-state index contributed by atoms with van der Waals surface area (Å²) < 4.78 is 11.3. The van der Waals surface area contributed by atoms with E-state index in [2.05, 4.69) is 20.6 Å². The molecule has 0 unspecified atom stereocenters. The highest BCUT2D eigenvalue weighted by Crippen LogP contribution is 2.32. The summed E-state index contributed by atoms with van der Waals surface area (Å²) in [5.41, 5.74) is 2.15. The number of ether oxygens (including phenoxy) is 2. The number of aliphatic hydroxyl groups excluding tert-OH is 2. The Labute approximate surface area is 207 Å². The summed E-state index contributed by atoms with van der Waals surface area (Å²) in [5, 5.41) is 28.9. The quantitative estimate of drug-likeness (QED) is 0.390. The third-order valence-corrected chi connectivity index (χ3v) is 7.47. The third-order valence-electron chi connectivity index (χ3n) is 6.42. The van der Waals surface area contributed by atoms with E-state index in [1.165, 1.54) is 11.8 Å². The second-order valence-corrected chi connectivity index (χ2v) is 9.75. The number of benzene rings is 1. The monoisotopic (exact) mass is 496 g/mol. The Morgan fingerprint density at radius 2 is 2.14 bits per heavy atom. The molecule has 4 N–H and O–H groups in total. The van der Waals surface area contributed by atoms with Crippen molar-refractivity contribution in [3.8, 4) is 5.75 Å². The van der Waals surface area contributed by atoms with Crippen LogP contribution in [0.4, 0.5) is 5.82 Å². The number of thioether (sulfide) groups is 1. The molecule has 1 amide bonds. The van der Waals surface area contributed by atoms with Crippen LogP contribution in [0, 0.1) is 0 Å². The minimum atomic E-state index is -1.12. The van der Waals surface area contributed by atoms with Crippen LogP contribution < -0.4 is 15.4 Å². The van der Waals surface area contributed by atoms with Gasteiger partial charge < -0.3 is 30.3 Å². The van der Waals surface area contributed by atoms with Gasteiger partial charge in [-0.1, -0.05) is 0 Å². The lowest BCUT2D eigenvalue weighted by molar-refractivity contribution is -0.114. The largest absolute Gasteiger partial charge is 0.497 e. The van der Waals surface area contributed by atoms with Gasteiger partial charge in [-0.05, 0) is 54.8 Å². The molecule has 2 aliphatic rings. The topological polar surface area (TPSA) is 126 Å². The van der Waals surface area contributed by atoms with Crippen molar-refractivity contribution in [1.82, 2.24) is 15.3 Å². The van der Waals surface area contributed by atoms with Gasteiger partial charge in [-0.3, -0.25) is 9.78 Å². The first kappa shape index (κ1) is 24.0. The predicted molar refractivity (Wildman–Crippen MR) is 132 cm³/mol. The van der Waals surface area contributed by atoms with Crippen LogP contribution >= 0.6 is 11.8 Å². The number of methoxy groups -OCH3 is 1. The van der Waals surface area contributed by atoms with Crippen LogP contribution in [0.25, 0.3) is 10.9 Å². The highest BCUT2D eigenvalue weighted by atomic mass is 32.2. The zero-order chi connectivity index (χ0) is 24.4. The number of amides is 1. The number of anilines is 1. The maximum Gasteiger partial charge on any atom is 0.235 e. The summed E-state index contributed by atoms with van der Waals surface area (Å²) >= 11 is 1.49. The van der Waals surface area contributed by atoms with Gasteiger partial charge in [-0.2, -0.15) is 0 Å². The summed E-state index contributed by atoms with van der Waals surface area (Å²) in [6.45, 7) is 0.958. The van der Waals surface area contributed by atoms with Gasteiger partial charge in [0.25, 0.3) is 0 Å². The van der Waals surface area contributed by atoms with E-state index in [-0.39, 0.29) is 11.9 Å². The molecule has 5 rings (SSSR count). The molecule has 9 nitrogen and oxygen atoms in total. The Kier molecular flexibility index (Phi) is 7.17. The van der Waals surface area contributed by atoms with E-state index in [1.807, 2.05) is 30.3 Å². The van der Waals surface area contributed by atoms with Gasteiger partial charge in [-0.25, -0.2) is 4.98 Å². The maximum absolute atomic E-state index is 11.6. The van der Waals surface area contributed by atoms with E-state index >= 15 is 0 Å². The molecule has 35 heavy (non-hydrogen) atoms. The lowest BCUT2D eigenvalue weighted by atomic mass is 9.93. The van der Waals surface area contributed by atoms with Gasteiger partial charge in [0.05, 0.1) is 41.7 Å². The SMILES string of the molecule is COc1ccc2nccc([C@@H](O)[C@H](O)[C@@H]3CC[C@@H](NCc4ccc5c(n4)NC(=O)CS5)CO3)c2c1. The molecule has 4 heterocycles. The molecule has 3 aromatic rings. The molecule has 184 valence electrons. The lowest BCUT2D eigenvalue weighted by Gasteiger charge is -2.34. The molecule has 0 spiro atoms. The number of rotatable bonds is 7. The number of pyridine rings is 2. The van der Waals surface area contributed by atoms with Crippen LogP contribution in [0.2, 0.25) is 0 Å². The molecular formula is C25H28N4O5S. The van der Waals surface area contributed by atoms with Crippen LogP contribution in [0.5, 0.6) is 5.75 Å². The molecular weight excluding hydrogens is 468 g/mol. The Morgan fingerprint density at radius 3 is 2.94 bits per heavy atom. The minimum absolute atomic E-state index is 0.0357. The minimum Gasteiger partial charge on any atom is -0.497 e. The van der Waals surface area contributed by atoms with E-state index in [0.29, 0.717) is 42.5 Å². The van der Waals surface area contributed by atoms with Crippen molar-refractivity contribution in [2.75, 3.05) is 24.8 Å². The van der Waals surface area contributed by atoms with Crippen molar-refractivity contribution >= 4 is 34.4 Å². The first-order chi connectivity index (χ1) is 17.0. The zero-order valence-corrected chi connectivity index (χ0v) is 20.1. The summed E-state index contributed by atoms with van der Waals surface area (Å²) in [7, 11) is 1.58. The molecule has 1 saturated heterocycles. The Bertz CT molecular complexity index is 1220. The fourth-order valence-corrected chi connectivity index (χ4v) is 5.23. The van der Waals surface area contributed by atoms with Crippen molar-refractivity contribution in [2.45, 2.75) is 48.6 Å². The average Bonchev–Trinajstić information content (AvgIpc) is 2.90. The molecule has 1 aromatic carbocycles. The van der Waals surface area contributed by atoms with E-state index in [0.717, 1.165) is 27.9 Å². The van der Waals surface area contributed by atoms with Crippen LogP contribution in [-0.4, -0.2) is 63.8 Å². The number of hydrogen-bond donors (Lipinski definition) is 4. The Morgan fingerprint density at radius 1 is 1.26 bits per heavy atom. The predicted octanol–water partition coefficient (Wildman–Crippen LogP) is 2.41. The molecule has 0 bridgehead atoms. The van der Waals surface area contributed by atoms with Crippen molar-refractivity contribution in [1.29, 1.82) is 0 Å². The van der Waals surface area contributed by atoms with Gasteiger partial charge in [0.2, 0.25) is 5.91 Å². The smallest absolute Gasteiger partial charge is 0.235 e. The van der Waals surface area contributed by atoms with Crippen molar-refractivity contribution in [3.05, 3.63) is 53.9 Å². The summed E-state index contributed by atoms with van der Waals surface area (Å²) in [6.07, 6.45) is 0.349. The van der Waals surface area contributed by atoms with Gasteiger partial charge in [-0.15, -0.1) is 11.8 Å². The van der Waals surface area contributed by atoms with Crippen LogP contribution in [0.3, 0.4) is 0 Å². The van der Waals surface area contributed by atoms with Gasteiger partial charge >= 0.3 is 0 Å². The first-order valence-corrected chi connectivity index (χ1v) is 12.6. The Balaban J connectivity index is 1.17. The van der Waals surface area contributed by atoms with Crippen LogP contribution in [0.1, 0.15) is 30.2 Å². The molecule has 10 heteroatoms. The second kappa shape index (κ2) is 10.5. The molecule has 2 aromatic heterocycles. The normalized spacial score (nSPS) is 21.7. The van der Waals surface area contributed by atoms with Crippen LogP contribution in [0.15, 0.2) is 47.5 Å². The molecule has 2 aliphatic heterocycles. The number of fused-ring (bicyclic) bond motifs is 2. The summed E-state index contributed by atoms with van der Waals surface area (Å²) in [5.74, 6) is 1.65. The molecule has 0 aliphatic carbocycles. The fourth-order valence-electron chi connectivity index (χ4n) is 4.47. The lowest BCUT2D eigenvalue weighted by Crippen LogP contribution is -2.45. The second-order valence-electron chi connectivity index (χ2n) is 8.73. The average molecular weight is 497 g/mol. The number of carbonyl (C=O) groups is 1. The standard InChI is InChI=1S/C25H28N4O5S/c1-33-16-4-5-19-18(10-16)17(8-9-26-19)23(31)24(32)20-6-2-15(12-34-20)27-11-14-3-7-21-25(28-14)29-22(30)13-35-21/h3-5,7-10,15,20,23-24,27,31-32H,2,6,11-13H2,1H3,(H,28,29,30)/t15-,20+,23-,24-/m1/s1. The highest BCUT2D eigenvalue weighted by molar-refractivity contribution is 8.00. The van der Waals surface area contributed by atoms with Gasteiger partial charge in [0.1, 0.15) is 23.8 Å². The van der Waals surface area contributed by atoms with Crippen molar-refractivity contribution in [2.24, 2.45) is 0 Å². The number of hydrogen-bond acceptors (Lipinski definition) is 9. The number of carbonyl (C=O) groups excluding carboxylic acids is 1. The van der Waals surface area contributed by atoms with E-state index in [9.17, 15) is 15.0 Å². The van der Waals surface area contributed by atoms with Gasteiger partial charge in [0, 0.05) is 24.2 Å². The van der Waals surface area contributed by atoms with E-state index in [4.69, 9.17) is 9.47 Å². The number of aromatic nitrogens is 2. The summed E-state index contributed by atoms with van der Waals surface area (Å²) in [6, 6.07) is 11.2. The van der Waals surface area contributed by atoms with Crippen LogP contribution in [-0.2, 0) is 16.1 Å². The molecule has 4 atom stereocenters.